The Morgan fingerprint density at radius 2 is 1.75 bits per heavy atom. The van der Waals surface area contributed by atoms with Gasteiger partial charge in [0.25, 0.3) is 0 Å². The fourth-order valence-electron chi connectivity index (χ4n) is 4.46. The second-order valence-corrected chi connectivity index (χ2v) is 9.16. The van der Waals surface area contributed by atoms with Gasteiger partial charge in [-0.25, -0.2) is 4.31 Å². The van der Waals surface area contributed by atoms with Gasteiger partial charge in [0, 0.05) is 49.3 Å². The molecule has 0 radical (unpaired) electrons. The van der Waals surface area contributed by atoms with E-state index in [1.54, 1.807) is 0 Å². The van der Waals surface area contributed by atoms with E-state index in [1.165, 1.54) is 60.6 Å². The number of piperazine rings is 1. The molecule has 0 amide bonds. The second kappa shape index (κ2) is 9.34. The summed E-state index contributed by atoms with van der Waals surface area (Å²) in [6.45, 7) is 11.7. The summed E-state index contributed by atoms with van der Waals surface area (Å²) in [6.07, 6.45) is 3.67. The summed E-state index contributed by atoms with van der Waals surface area (Å²) in [5, 5.41) is 0. The summed E-state index contributed by atoms with van der Waals surface area (Å²) in [6, 6.07) is 18.5. The third kappa shape index (κ3) is 4.56. The Balaban J connectivity index is 1.50. The minimum Gasteiger partial charge on any atom is -0.369 e. The van der Waals surface area contributed by atoms with Crippen LogP contribution in [0.1, 0.15) is 43.9 Å². The molecule has 2 aliphatic rings. The number of nitrogens with zero attached hydrogens (tertiary/aromatic N) is 3. The van der Waals surface area contributed by atoms with Gasteiger partial charge in [0.15, 0.2) is 0 Å². The lowest BCUT2D eigenvalue weighted by Gasteiger charge is -2.36. The summed E-state index contributed by atoms with van der Waals surface area (Å²) < 4.78 is 2.57. The quantitative estimate of drug-likeness (QED) is 0.641. The van der Waals surface area contributed by atoms with Crippen LogP contribution in [0, 0.1) is 0 Å². The molecule has 2 aromatic rings. The number of rotatable bonds is 5. The topological polar surface area (TPSA) is 9.72 Å². The standard InChI is InChI=1S/C24H33N3S/c1-3-13-25-15-17-26(18-16-25)22-12-11-21-8-7-14-27(20(2)24(21)19-22)28-23-9-5-4-6-10-23/h4-6,9-12,19-20H,3,7-8,13-18H2,1-2H3/t20-/m0/s1. The van der Waals surface area contributed by atoms with Crippen molar-refractivity contribution in [1.29, 1.82) is 0 Å². The van der Waals surface area contributed by atoms with Gasteiger partial charge in [0.2, 0.25) is 0 Å². The Bertz CT molecular complexity index is 756. The van der Waals surface area contributed by atoms with Gasteiger partial charge in [0.1, 0.15) is 0 Å². The lowest BCUT2D eigenvalue weighted by molar-refractivity contribution is 0.258. The second-order valence-electron chi connectivity index (χ2n) is 8.04. The molecule has 4 heteroatoms. The zero-order valence-electron chi connectivity index (χ0n) is 17.3. The predicted octanol–water partition coefficient (Wildman–Crippen LogP) is 5.24. The first-order valence-electron chi connectivity index (χ1n) is 10.8. The van der Waals surface area contributed by atoms with E-state index < -0.39 is 0 Å². The molecule has 0 N–H and O–H groups in total. The molecule has 0 aromatic heterocycles. The highest BCUT2D eigenvalue weighted by Gasteiger charge is 2.25. The van der Waals surface area contributed by atoms with E-state index in [1.807, 2.05) is 11.9 Å². The molecule has 0 saturated carbocycles. The molecule has 2 heterocycles. The van der Waals surface area contributed by atoms with Crippen molar-refractivity contribution in [3.8, 4) is 0 Å². The maximum atomic E-state index is 2.60. The van der Waals surface area contributed by atoms with E-state index in [4.69, 9.17) is 0 Å². The molecule has 0 spiro atoms. The maximum absolute atomic E-state index is 2.60. The highest BCUT2D eigenvalue weighted by Crippen LogP contribution is 2.38. The third-order valence-corrected chi connectivity index (χ3v) is 7.30. The van der Waals surface area contributed by atoms with Gasteiger partial charge in [-0.1, -0.05) is 31.2 Å². The monoisotopic (exact) mass is 395 g/mol. The highest BCUT2D eigenvalue weighted by molar-refractivity contribution is 7.97. The molecule has 3 nitrogen and oxygen atoms in total. The Morgan fingerprint density at radius 3 is 2.50 bits per heavy atom. The molecule has 2 aromatic carbocycles. The Hall–Kier alpha value is -1.49. The highest BCUT2D eigenvalue weighted by atomic mass is 32.2. The number of benzene rings is 2. The first-order valence-corrected chi connectivity index (χ1v) is 11.6. The number of hydrogen-bond acceptors (Lipinski definition) is 4. The van der Waals surface area contributed by atoms with Crippen LogP contribution in [0.25, 0.3) is 0 Å². The summed E-state index contributed by atoms with van der Waals surface area (Å²) >= 11 is 1.91. The van der Waals surface area contributed by atoms with Gasteiger partial charge >= 0.3 is 0 Å². The van der Waals surface area contributed by atoms with Crippen molar-refractivity contribution in [2.45, 2.75) is 44.0 Å². The van der Waals surface area contributed by atoms with E-state index >= 15 is 0 Å². The van der Waals surface area contributed by atoms with Crippen LogP contribution in [0.4, 0.5) is 5.69 Å². The fraction of sp³-hybridized carbons (Fsp3) is 0.500. The molecular weight excluding hydrogens is 362 g/mol. The Morgan fingerprint density at radius 1 is 0.964 bits per heavy atom. The predicted molar refractivity (Wildman–Crippen MR) is 121 cm³/mol. The Labute approximate surface area is 174 Å². The maximum Gasteiger partial charge on any atom is 0.0430 e. The average molecular weight is 396 g/mol. The number of aryl methyl sites for hydroxylation is 1. The zero-order chi connectivity index (χ0) is 19.3. The van der Waals surface area contributed by atoms with Gasteiger partial charge in [-0.05, 0) is 80.1 Å². The van der Waals surface area contributed by atoms with Crippen LogP contribution in [0.2, 0.25) is 0 Å². The van der Waals surface area contributed by atoms with E-state index in [2.05, 4.69) is 76.5 Å². The fourth-order valence-corrected chi connectivity index (χ4v) is 5.50. The molecule has 28 heavy (non-hydrogen) atoms. The molecule has 0 bridgehead atoms. The van der Waals surface area contributed by atoms with Crippen LogP contribution in [0.15, 0.2) is 53.4 Å². The van der Waals surface area contributed by atoms with Crippen LogP contribution in [-0.4, -0.2) is 48.5 Å². The van der Waals surface area contributed by atoms with Crippen molar-refractivity contribution in [3.63, 3.8) is 0 Å². The molecule has 1 fully saturated rings. The summed E-state index contributed by atoms with van der Waals surface area (Å²) in [5.41, 5.74) is 4.47. The molecule has 1 atom stereocenters. The summed E-state index contributed by atoms with van der Waals surface area (Å²) in [4.78, 5) is 6.51. The van der Waals surface area contributed by atoms with E-state index in [0.717, 1.165) is 19.6 Å². The van der Waals surface area contributed by atoms with Gasteiger partial charge < -0.3 is 4.90 Å². The molecular formula is C24H33N3S. The van der Waals surface area contributed by atoms with Crippen LogP contribution >= 0.6 is 11.9 Å². The molecule has 0 aliphatic carbocycles. The summed E-state index contributed by atoms with van der Waals surface area (Å²) in [5.74, 6) is 0. The molecule has 0 unspecified atom stereocenters. The van der Waals surface area contributed by atoms with Crippen molar-refractivity contribution in [2.24, 2.45) is 0 Å². The largest absolute Gasteiger partial charge is 0.369 e. The van der Waals surface area contributed by atoms with Crippen LogP contribution in [-0.2, 0) is 6.42 Å². The SMILES string of the molecule is CCCN1CCN(c2ccc3c(c2)[C@H](C)N(Sc2ccccc2)CCC3)CC1. The van der Waals surface area contributed by atoms with Crippen molar-refractivity contribution < 1.29 is 0 Å². The van der Waals surface area contributed by atoms with Crippen LogP contribution < -0.4 is 4.90 Å². The van der Waals surface area contributed by atoms with E-state index in [9.17, 15) is 0 Å². The first kappa shape index (κ1) is 19.8. The van der Waals surface area contributed by atoms with E-state index in [-0.39, 0.29) is 0 Å². The molecule has 1 saturated heterocycles. The lowest BCUT2D eigenvalue weighted by Crippen LogP contribution is -2.46. The van der Waals surface area contributed by atoms with Crippen LogP contribution in [0.5, 0.6) is 0 Å². The van der Waals surface area contributed by atoms with Gasteiger partial charge in [-0.2, -0.15) is 0 Å². The van der Waals surface area contributed by atoms with Crippen molar-refractivity contribution in [3.05, 3.63) is 59.7 Å². The van der Waals surface area contributed by atoms with Gasteiger partial charge in [-0.3, -0.25) is 4.90 Å². The molecule has 150 valence electrons. The number of anilines is 1. The average Bonchev–Trinajstić information content (AvgIpc) is 2.88. The zero-order valence-corrected chi connectivity index (χ0v) is 18.1. The van der Waals surface area contributed by atoms with Gasteiger partial charge in [0.05, 0.1) is 0 Å². The van der Waals surface area contributed by atoms with Gasteiger partial charge in [-0.15, -0.1) is 0 Å². The van der Waals surface area contributed by atoms with Crippen molar-refractivity contribution in [1.82, 2.24) is 9.21 Å². The van der Waals surface area contributed by atoms with E-state index in [0.29, 0.717) is 6.04 Å². The molecule has 2 aliphatic heterocycles. The van der Waals surface area contributed by atoms with Crippen molar-refractivity contribution >= 4 is 17.6 Å². The van der Waals surface area contributed by atoms with Crippen molar-refractivity contribution in [2.75, 3.05) is 44.2 Å². The number of hydrogen-bond donors (Lipinski definition) is 0. The Kier molecular flexibility index (Phi) is 6.61. The minimum atomic E-state index is 0.434. The lowest BCUT2D eigenvalue weighted by atomic mass is 9.98. The first-order chi connectivity index (χ1) is 13.7. The van der Waals surface area contributed by atoms with Crippen LogP contribution in [0.3, 0.4) is 0 Å². The normalized spacial score (nSPS) is 21.4. The minimum absolute atomic E-state index is 0.434. The smallest absolute Gasteiger partial charge is 0.0430 e. The number of fused-ring (bicyclic) bond motifs is 1. The summed E-state index contributed by atoms with van der Waals surface area (Å²) in [7, 11) is 0. The molecule has 4 rings (SSSR count). The third-order valence-electron chi connectivity index (χ3n) is 6.08.